The largest absolute Gasteiger partial charge is 0.491 e. The van der Waals surface area contributed by atoms with Gasteiger partial charge in [-0.05, 0) is 55.5 Å². The van der Waals surface area contributed by atoms with Crippen LogP contribution in [-0.4, -0.2) is 25.7 Å². The molecule has 2 aromatic carbocycles. The van der Waals surface area contributed by atoms with E-state index in [4.69, 9.17) is 9.47 Å². The third kappa shape index (κ3) is 5.16. The van der Waals surface area contributed by atoms with Crippen LogP contribution in [0.5, 0.6) is 5.75 Å². The molecule has 0 aliphatic carbocycles. The molecule has 0 aliphatic rings. The second kappa shape index (κ2) is 8.56. The Morgan fingerprint density at radius 2 is 1.73 bits per heavy atom. The molecule has 0 aliphatic heterocycles. The van der Waals surface area contributed by atoms with Gasteiger partial charge in [0.2, 0.25) is 0 Å². The molecule has 4 nitrogen and oxygen atoms in total. The normalized spacial score (nSPS) is 10.3. The summed E-state index contributed by atoms with van der Waals surface area (Å²) in [5, 5.41) is 2.84. The predicted molar refractivity (Wildman–Crippen MR) is 90.5 cm³/mol. The average Bonchev–Trinajstić information content (AvgIpc) is 2.54. The van der Waals surface area contributed by atoms with E-state index < -0.39 is 0 Å². The van der Waals surface area contributed by atoms with Crippen LogP contribution in [0.4, 0.5) is 5.69 Å². The van der Waals surface area contributed by atoms with Crippen LogP contribution >= 0.6 is 15.9 Å². The number of amides is 1. The maximum Gasteiger partial charge on any atom is 0.255 e. The van der Waals surface area contributed by atoms with E-state index in [1.54, 1.807) is 24.3 Å². The number of hydrogen-bond donors (Lipinski definition) is 1. The first-order valence-electron chi connectivity index (χ1n) is 7.06. The van der Waals surface area contributed by atoms with Crippen LogP contribution < -0.4 is 10.1 Å². The summed E-state index contributed by atoms with van der Waals surface area (Å²) in [4.78, 5) is 12.1. The van der Waals surface area contributed by atoms with E-state index in [0.717, 1.165) is 15.9 Å². The summed E-state index contributed by atoms with van der Waals surface area (Å²) < 4.78 is 11.7. The Labute approximate surface area is 138 Å². The fraction of sp³-hybridized carbons (Fsp3) is 0.235. The SMILES string of the molecule is CCOCCOc1ccc(C(=O)Nc2ccc(Br)cc2)cc1. The maximum absolute atomic E-state index is 12.1. The lowest BCUT2D eigenvalue weighted by atomic mass is 10.2. The molecule has 5 heteroatoms. The van der Waals surface area contributed by atoms with E-state index in [0.29, 0.717) is 25.4 Å². The molecular weight excluding hydrogens is 346 g/mol. The van der Waals surface area contributed by atoms with Gasteiger partial charge < -0.3 is 14.8 Å². The van der Waals surface area contributed by atoms with Gasteiger partial charge in [0, 0.05) is 22.3 Å². The smallest absolute Gasteiger partial charge is 0.255 e. The van der Waals surface area contributed by atoms with Gasteiger partial charge >= 0.3 is 0 Å². The average molecular weight is 364 g/mol. The summed E-state index contributed by atoms with van der Waals surface area (Å²) in [5.41, 5.74) is 1.34. The molecule has 0 spiro atoms. The minimum absolute atomic E-state index is 0.150. The van der Waals surface area contributed by atoms with Gasteiger partial charge in [0.15, 0.2) is 0 Å². The van der Waals surface area contributed by atoms with Gasteiger partial charge in [-0.1, -0.05) is 15.9 Å². The van der Waals surface area contributed by atoms with Gasteiger partial charge in [0.05, 0.1) is 6.61 Å². The lowest BCUT2D eigenvalue weighted by molar-refractivity contribution is 0.102. The third-order valence-corrected chi connectivity index (χ3v) is 3.45. The maximum atomic E-state index is 12.1. The molecular formula is C17H18BrNO3. The standard InChI is InChI=1S/C17H18BrNO3/c1-2-21-11-12-22-16-9-3-13(4-10-16)17(20)19-15-7-5-14(18)6-8-15/h3-10H,2,11-12H2,1H3,(H,19,20). The Morgan fingerprint density at radius 3 is 2.36 bits per heavy atom. The topological polar surface area (TPSA) is 47.6 Å². The van der Waals surface area contributed by atoms with Gasteiger partial charge in [-0.25, -0.2) is 0 Å². The van der Waals surface area contributed by atoms with Gasteiger partial charge in [-0.15, -0.1) is 0 Å². The van der Waals surface area contributed by atoms with E-state index in [1.165, 1.54) is 0 Å². The molecule has 0 bridgehead atoms. The van der Waals surface area contributed by atoms with Crippen molar-refractivity contribution in [1.29, 1.82) is 0 Å². The highest BCUT2D eigenvalue weighted by Crippen LogP contribution is 2.16. The zero-order chi connectivity index (χ0) is 15.8. The first-order valence-corrected chi connectivity index (χ1v) is 7.86. The highest BCUT2D eigenvalue weighted by atomic mass is 79.9. The van der Waals surface area contributed by atoms with Crippen LogP contribution in [0.15, 0.2) is 53.0 Å². The number of hydrogen-bond acceptors (Lipinski definition) is 3. The second-order valence-corrected chi connectivity index (χ2v) is 5.45. The van der Waals surface area contributed by atoms with Gasteiger partial charge in [0.1, 0.15) is 12.4 Å². The fourth-order valence-corrected chi connectivity index (χ4v) is 2.07. The molecule has 2 aromatic rings. The molecule has 22 heavy (non-hydrogen) atoms. The van der Waals surface area contributed by atoms with E-state index >= 15 is 0 Å². The zero-order valence-corrected chi connectivity index (χ0v) is 13.9. The van der Waals surface area contributed by atoms with Crippen molar-refractivity contribution in [3.63, 3.8) is 0 Å². The highest BCUT2D eigenvalue weighted by molar-refractivity contribution is 9.10. The van der Waals surface area contributed by atoms with Crippen molar-refractivity contribution in [3.8, 4) is 5.75 Å². The van der Waals surface area contributed by atoms with Crippen molar-refractivity contribution in [3.05, 3.63) is 58.6 Å². The van der Waals surface area contributed by atoms with Crippen LogP contribution in [-0.2, 0) is 4.74 Å². The van der Waals surface area contributed by atoms with Crippen LogP contribution in [0.1, 0.15) is 17.3 Å². The van der Waals surface area contributed by atoms with Crippen LogP contribution in [0.25, 0.3) is 0 Å². The quantitative estimate of drug-likeness (QED) is 0.752. The number of anilines is 1. The lowest BCUT2D eigenvalue weighted by Crippen LogP contribution is -2.12. The molecule has 0 atom stereocenters. The van der Waals surface area contributed by atoms with Crippen molar-refractivity contribution < 1.29 is 14.3 Å². The Hall–Kier alpha value is -1.85. The van der Waals surface area contributed by atoms with E-state index in [9.17, 15) is 4.79 Å². The Morgan fingerprint density at radius 1 is 1.05 bits per heavy atom. The molecule has 0 fully saturated rings. The third-order valence-electron chi connectivity index (χ3n) is 2.92. The van der Waals surface area contributed by atoms with Gasteiger partial charge in [0.25, 0.3) is 5.91 Å². The van der Waals surface area contributed by atoms with Gasteiger partial charge in [-0.3, -0.25) is 4.79 Å². The molecule has 2 rings (SSSR count). The number of nitrogens with one attached hydrogen (secondary N) is 1. The van der Waals surface area contributed by atoms with Crippen molar-refractivity contribution in [2.45, 2.75) is 6.92 Å². The predicted octanol–water partition coefficient (Wildman–Crippen LogP) is 4.12. The summed E-state index contributed by atoms with van der Waals surface area (Å²) in [6.07, 6.45) is 0. The number of rotatable bonds is 7. The monoisotopic (exact) mass is 363 g/mol. The number of benzene rings is 2. The Kier molecular flexibility index (Phi) is 6.43. The Balaban J connectivity index is 1.89. The first kappa shape index (κ1) is 16.5. The molecule has 0 heterocycles. The van der Waals surface area contributed by atoms with E-state index in [2.05, 4.69) is 21.2 Å². The van der Waals surface area contributed by atoms with Crippen LogP contribution in [0.2, 0.25) is 0 Å². The molecule has 1 N–H and O–H groups in total. The number of carbonyl (C=O) groups excluding carboxylic acids is 1. The molecule has 1 amide bonds. The minimum Gasteiger partial charge on any atom is -0.491 e. The molecule has 0 unspecified atom stereocenters. The summed E-state index contributed by atoms with van der Waals surface area (Å²) in [7, 11) is 0. The van der Waals surface area contributed by atoms with Crippen molar-refractivity contribution in [2.75, 3.05) is 25.1 Å². The number of halogens is 1. The number of ether oxygens (including phenoxy) is 2. The fourth-order valence-electron chi connectivity index (χ4n) is 1.80. The lowest BCUT2D eigenvalue weighted by Gasteiger charge is -2.08. The highest BCUT2D eigenvalue weighted by Gasteiger charge is 2.06. The van der Waals surface area contributed by atoms with Crippen molar-refractivity contribution >= 4 is 27.5 Å². The first-order chi connectivity index (χ1) is 10.7. The molecule has 0 radical (unpaired) electrons. The van der Waals surface area contributed by atoms with Crippen LogP contribution in [0.3, 0.4) is 0 Å². The van der Waals surface area contributed by atoms with E-state index in [1.807, 2.05) is 31.2 Å². The second-order valence-electron chi connectivity index (χ2n) is 4.53. The molecule has 116 valence electrons. The van der Waals surface area contributed by atoms with Crippen LogP contribution in [0, 0.1) is 0 Å². The molecule has 0 saturated carbocycles. The minimum atomic E-state index is -0.150. The van der Waals surface area contributed by atoms with Crippen molar-refractivity contribution in [2.24, 2.45) is 0 Å². The summed E-state index contributed by atoms with van der Waals surface area (Å²) in [6.45, 7) is 3.68. The summed E-state index contributed by atoms with van der Waals surface area (Å²) in [5.74, 6) is 0.572. The summed E-state index contributed by atoms with van der Waals surface area (Å²) in [6, 6.07) is 14.5. The zero-order valence-electron chi connectivity index (χ0n) is 12.3. The van der Waals surface area contributed by atoms with Crippen molar-refractivity contribution in [1.82, 2.24) is 0 Å². The van der Waals surface area contributed by atoms with Gasteiger partial charge in [-0.2, -0.15) is 0 Å². The molecule has 0 aromatic heterocycles. The Bertz CT molecular complexity index is 596. The number of carbonyl (C=O) groups is 1. The van der Waals surface area contributed by atoms with E-state index in [-0.39, 0.29) is 5.91 Å². The molecule has 0 saturated heterocycles. The summed E-state index contributed by atoms with van der Waals surface area (Å²) >= 11 is 3.36.